The summed E-state index contributed by atoms with van der Waals surface area (Å²) in [6.45, 7) is 2.00. The molecule has 0 spiro atoms. The number of rotatable bonds is 2. The van der Waals surface area contributed by atoms with Gasteiger partial charge in [-0.2, -0.15) is 0 Å². The number of hydrogen-bond acceptors (Lipinski definition) is 2. The molecule has 2 aromatic rings. The van der Waals surface area contributed by atoms with Gasteiger partial charge in [0.05, 0.1) is 6.04 Å². The van der Waals surface area contributed by atoms with Crippen molar-refractivity contribution in [3.8, 4) is 0 Å². The van der Waals surface area contributed by atoms with Crippen LogP contribution in [0.5, 0.6) is 0 Å². The Bertz CT molecular complexity index is 479. The normalized spacial score (nSPS) is 12.1. The Hall–Kier alpha value is -2.10. The third-order valence-corrected chi connectivity index (χ3v) is 2.89. The molecule has 0 fully saturated rings. The summed E-state index contributed by atoms with van der Waals surface area (Å²) in [4.78, 5) is 17.6. The van der Waals surface area contributed by atoms with Crippen molar-refractivity contribution in [2.75, 3.05) is 7.05 Å². The van der Waals surface area contributed by atoms with Crippen LogP contribution in [0.1, 0.15) is 18.5 Å². The second kappa shape index (κ2) is 4.82. The minimum Gasteiger partial charge on any atom is -0.320 e. The Morgan fingerprint density at radius 3 is 2.65 bits per heavy atom. The van der Waals surface area contributed by atoms with E-state index in [1.54, 1.807) is 24.3 Å². The Kier molecular flexibility index (Phi) is 3.23. The van der Waals surface area contributed by atoms with Gasteiger partial charge in [-0.15, -0.1) is 0 Å². The van der Waals surface area contributed by atoms with Crippen molar-refractivity contribution in [1.82, 2.24) is 14.5 Å². The molecule has 0 saturated carbocycles. The summed E-state index contributed by atoms with van der Waals surface area (Å²) in [5, 5.41) is 0. The van der Waals surface area contributed by atoms with Crippen molar-refractivity contribution in [3.05, 3.63) is 54.6 Å². The number of benzene rings is 1. The third-order valence-electron chi connectivity index (χ3n) is 2.89. The average molecular weight is 229 g/mol. The zero-order valence-corrected chi connectivity index (χ0v) is 9.95. The lowest BCUT2D eigenvalue weighted by Crippen LogP contribution is -2.32. The van der Waals surface area contributed by atoms with E-state index in [-0.39, 0.29) is 12.1 Å². The molecule has 1 atom stereocenters. The summed E-state index contributed by atoms with van der Waals surface area (Å²) >= 11 is 0. The van der Waals surface area contributed by atoms with Gasteiger partial charge in [0.25, 0.3) is 0 Å². The first-order valence-electron chi connectivity index (χ1n) is 5.50. The molecule has 4 heteroatoms. The van der Waals surface area contributed by atoms with Crippen LogP contribution in [-0.2, 0) is 0 Å². The van der Waals surface area contributed by atoms with Crippen LogP contribution in [0.3, 0.4) is 0 Å². The fraction of sp³-hybridized carbons (Fsp3) is 0.231. The zero-order valence-electron chi connectivity index (χ0n) is 9.95. The highest BCUT2D eigenvalue weighted by molar-refractivity contribution is 5.76. The molecule has 1 heterocycles. The zero-order chi connectivity index (χ0) is 12.3. The number of carbonyl (C=O) groups is 1. The summed E-state index contributed by atoms with van der Waals surface area (Å²) in [5.41, 5.74) is 1.11. The van der Waals surface area contributed by atoms with Crippen LogP contribution in [0, 0.1) is 0 Å². The summed E-state index contributed by atoms with van der Waals surface area (Å²) in [6.07, 6.45) is 4.76. The number of nitrogens with zero attached hydrogens (tertiary/aromatic N) is 3. The minimum absolute atomic E-state index is 0.0334. The monoisotopic (exact) mass is 229 g/mol. The molecular weight excluding hydrogens is 214 g/mol. The molecule has 0 N–H and O–H groups in total. The van der Waals surface area contributed by atoms with Crippen molar-refractivity contribution in [2.24, 2.45) is 0 Å². The Balaban J connectivity index is 2.15. The molecule has 0 saturated heterocycles. The Morgan fingerprint density at radius 1 is 1.35 bits per heavy atom. The summed E-state index contributed by atoms with van der Waals surface area (Å²) in [5.74, 6) is 0. The highest BCUT2D eigenvalue weighted by Crippen LogP contribution is 2.18. The maximum absolute atomic E-state index is 12.1. The average Bonchev–Trinajstić information content (AvgIpc) is 2.91. The van der Waals surface area contributed by atoms with Gasteiger partial charge < -0.3 is 4.90 Å². The molecule has 4 nitrogen and oxygen atoms in total. The van der Waals surface area contributed by atoms with Crippen LogP contribution in [-0.4, -0.2) is 27.5 Å². The van der Waals surface area contributed by atoms with Gasteiger partial charge in [0, 0.05) is 19.4 Å². The number of imidazole rings is 1. The number of aromatic nitrogens is 2. The third kappa shape index (κ3) is 2.36. The van der Waals surface area contributed by atoms with Crippen molar-refractivity contribution in [3.63, 3.8) is 0 Å². The topological polar surface area (TPSA) is 38.1 Å². The Morgan fingerprint density at radius 2 is 2.06 bits per heavy atom. The molecule has 1 aromatic heterocycles. The Labute approximate surface area is 101 Å². The molecule has 88 valence electrons. The highest BCUT2D eigenvalue weighted by atomic mass is 16.2. The van der Waals surface area contributed by atoms with Gasteiger partial charge in [0.2, 0.25) is 0 Å². The number of hydrogen-bond donors (Lipinski definition) is 0. The van der Waals surface area contributed by atoms with E-state index in [0.717, 1.165) is 5.56 Å². The van der Waals surface area contributed by atoms with E-state index in [9.17, 15) is 4.79 Å². The van der Waals surface area contributed by atoms with Gasteiger partial charge in [-0.3, -0.25) is 4.57 Å². The van der Waals surface area contributed by atoms with Gasteiger partial charge in [0.1, 0.15) is 6.33 Å². The number of carbonyl (C=O) groups excluding carboxylic acids is 1. The van der Waals surface area contributed by atoms with E-state index in [1.165, 1.54) is 10.9 Å². The minimum atomic E-state index is -0.0844. The SMILES string of the molecule is CC(c1ccccc1)N(C)C(=O)n1ccnc1. The van der Waals surface area contributed by atoms with Crippen LogP contribution in [0.2, 0.25) is 0 Å². The summed E-state index contributed by atoms with van der Waals surface area (Å²) in [6, 6.07) is 9.89. The van der Waals surface area contributed by atoms with Gasteiger partial charge in [-0.1, -0.05) is 30.3 Å². The fourth-order valence-corrected chi connectivity index (χ4v) is 1.68. The van der Waals surface area contributed by atoms with Gasteiger partial charge >= 0.3 is 6.03 Å². The quantitative estimate of drug-likeness (QED) is 0.793. The first kappa shape index (κ1) is 11.4. The first-order chi connectivity index (χ1) is 8.20. The van der Waals surface area contributed by atoms with E-state index in [2.05, 4.69) is 4.98 Å². The van der Waals surface area contributed by atoms with Crippen molar-refractivity contribution in [2.45, 2.75) is 13.0 Å². The molecule has 1 amide bonds. The maximum atomic E-state index is 12.1. The number of amides is 1. The molecule has 0 aliphatic rings. The molecule has 0 aliphatic heterocycles. The van der Waals surface area contributed by atoms with E-state index in [4.69, 9.17) is 0 Å². The first-order valence-corrected chi connectivity index (χ1v) is 5.50. The van der Waals surface area contributed by atoms with E-state index < -0.39 is 0 Å². The summed E-state index contributed by atoms with van der Waals surface area (Å²) < 4.78 is 1.47. The van der Waals surface area contributed by atoms with Gasteiger partial charge in [0.15, 0.2) is 0 Å². The molecule has 2 rings (SSSR count). The predicted octanol–water partition coefficient (Wildman–Crippen LogP) is 2.54. The summed E-state index contributed by atoms with van der Waals surface area (Å²) in [7, 11) is 1.79. The lowest BCUT2D eigenvalue weighted by molar-refractivity contribution is 0.196. The van der Waals surface area contributed by atoms with E-state index >= 15 is 0 Å². The predicted molar refractivity (Wildman–Crippen MR) is 65.6 cm³/mol. The van der Waals surface area contributed by atoms with Gasteiger partial charge in [-0.05, 0) is 12.5 Å². The lowest BCUT2D eigenvalue weighted by Gasteiger charge is -2.25. The highest BCUT2D eigenvalue weighted by Gasteiger charge is 2.17. The van der Waals surface area contributed by atoms with Crippen molar-refractivity contribution >= 4 is 6.03 Å². The van der Waals surface area contributed by atoms with Crippen LogP contribution in [0.25, 0.3) is 0 Å². The smallest absolute Gasteiger partial charge is 0.320 e. The largest absolute Gasteiger partial charge is 0.329 e. The van der Waals surface area contributed by atoms with Crippen LogP contribution >= 0.6 is 0 Å². The van der Waals surface area contributed by atoms with E-state index in [1.807, 2.05) is 37.3 Å². The van der Waals surface area contributed by atoms with Crippen molar-refractivity contribution < 1.29 is 4.79 Å². The standard InChI is InChI=1S/C13H15N3O/c1-11(12-6-4-3-5-7-12)15(2)13(17)16-9-8-14-10-16/h3-11H,1-2H3. The van der Waals surface area contributed by atoms with Crippen LogP contribution < -0.4 is 0 Å². The fourth-order valence-electron chi connectivity index (χ4n) is 1.68. The maximum Gasteiger partial charge on any atom is 0.329 e. The molecular formula is C13H15N3O. The van der Waals surface area contributed by atoms with Crippen molar-refractivity contribution in [1.29, 1.82) is 0 Å². The molecule has 0 bridgehead atoms. The van der Waals surface area contributed by atoms with E-state index in [0.29, 0.717) is 0 Å². The molecule has 1 unspecified atom stereocenters. The molecule has 0 aliphatic carbocycles. The second-order valence-electron chi connectivity index (χ2n) is 3.95. The second-order valence-corrected chi connectivity index (χ2v) is 3.95. The molecule has 0 radical (unpaired) electrons. The van der Waals surface area contributed by atoms with Gasteiger partial charge in [-0.25, -0.2) is 9.78 Å². The lowest BCUT2D eigenvalue weighted by atomic mass is 10.1. The molecule has 17 heavy (non-hydrogen) atoms. The molecule has 1 aromatic carbocycles. The van der Waals surface area contributed by atoms with Crippen LogP contribution in [0.15, 0.2) is 49.1 Å². The van der Waals surface area contributed by atoms with Crippen LogP contribution in [0.4, 0.5) is 4.79 Å².